The zero-order valence-electron chi connectivity index (χ0n) is 7.02. The molecule has 0 saturated carbocycles. The molecular formula is C8H17B. The Morgan fingerprint density at radius 1 is 1.11 bits per heavy atom. The predicted molar refractivity (Wildman–Crippen MR) is 43.8 cm³/mol. The fourth-order valence-electron chi connectivity index (χ4n) is 0.816. The smallest absolute Gasteiger partial charge is 0.0703 e. The van der Waals surface area contributed by atoms with Crippen LogP contribution in [0.25, 0.3) is 0 Å². The summed E-state index contributed by atoms with van der Waals surface area (Å²) in [6.45, 7) is 8.77. The highest BCUT2D eigenvalue weighted by Gasteiger charge is 2.07. The third kappa shape index (κ3) is 4.56. The van der Waals surface area contributed by atoms with E-state index in [0.717, 1.165) is 12.3 Å². The lowest BCUT2D eigenvalue weighted by atomic mass is 9.73. The normalized spacial score (nSPS) is 14.9. The lowest BCUT2D eigenvalue weighted by Gasteiger charge is -2.17. The second-order valence-corrected chi connectivity index (χ2v) is 3.54. The van der Waals surface area contributed by atoms with Gasteiger partial charge in [0.2, 0.25) is 0 Å². The molecule has 0 aliphatic heterocycles. The summed E-state index contributed by atoms with van der Waals surface area (Å²) in [5, 5.41) is 0. The second-order valence-electron chi connectivity index (χ2n) is 3.54. The summed E-state index contributed by atoms with van der Waals surface area (Å²) in [6, 6.07) is 0. The van der Waals surface area contributed by atoms with Crippen molar-refractivity contribution in [3.8, 4) is 0 Å². The van der Waals surface area contributed by atoms with E-state index in [-0.39, 0.29) is 0 Å². The van der Waals surface area contributed by atoms with Crippen molar-refractivity contribution in [1.29, 1.82) is 0 Å². The molecule has 0 bridgehead atoms. The molecule has 0 saturated heterocycles. The van der Waals surface area contributed by atoms with E-state index in [2.05, 4.69) is 27.7 Å². The van der Waals surface area contributed by atoms with Gasteiger partial charge in [0, 0.05) is 0 Å². The van der Waals surface area contributed by atoms with Crippen molar-refractivity contribution in [2.24, 2.45) is 11.8 Å². The average Bonchev–Trinajstić information content (AvgIpc) is 1.63. The van der Waals surface area contributed by atoms with Gasteiger partial charge in [0.1, 0.15) is 0 Å². The molecule has 0 nitrogen and oxygen atoms in total. The first-order valence-corrected chi connectivity index (χ1v) is 3.79. The average molecular weight is 124 g/mol. The van der Waals surface area contributed by atoms with Gasteiger partial charge in [-0.15, -0.1) is 0 Å². The Hall–Kier alpha value is 0.0649. The van der Waals surface area contributed by atoms with E-state index >= 15 is 0 Å². The van der Waals surface area contributed by atoms with Gasteiger partial charge in [-0.3, -0.25) is 0 Å². The van der Waals surface area contributed by atoms with Gasteiger partial charge < -0.3 is 0 Å². The lowest BCUT2D eigenvalue weighted by Crippen LogP contribution is -2.04. The van der Waals surface area contributed by atoms with Gasteiger partial charge in [0.05, 0.1) is 7.85 Å². The standard InChI is InChI=1S/C8H17B/c1-6(2)5-8(9)7(3)4/h6-8H,5H2,1-4H3. The minimum atomic E-state index is 0.394. The van der Waals surface area contributed by atoms with Crippen LogP contribution in [0, 0.1) is 11.8 Å². The van der Waals surface area contributed by atoms with Crippen LogP contribution >= 0.6 is 0 Å². The van der Waals surface area contributed by atoms with Crippen molar-refractivity contribution >= 4 is 7.85 Å². The van der Waals surface area contributed by atoms with Gasteiger partial charge in [-0.2, -0.15) is 0 Å². The third-order valence-corrected chi connectivity index (χ3v) is 1.60. The highest BCUT2D eigenvalue weighted by molar-refractivity contribution is 6.11. The molecule has 0 aromatic heterocycles. The fraction of sp³-hybridized carbons (Fsp3) is 1.00. The molecule has 0 aromatic rings. The summed E-state index contributed by atoms with van der Waals surface area (Å²) in [7, 11) is 5.82. The van der Waals surface area contributed by atoms with Gasteiger partial charge in [-0.25, -0.2) is 0 Å². The van der Waals surface area contributed by atoms with Crippen LogP contribution in [0.3, 0.4) is 0 Å². The Labute approximate surface area is 60.4 Å². The first-order chi connectivity index (χ1) is 4.04. The molecular weight excluding hydrogens is 107 g/mol. The van der Waals surface area contributed by atoms with Gasteiger partial charge in [0.25, 0.3) is 0 Å². The maximum atomic E-state index is 5.82. The van der Waals surface area contributed by atoms with E-state index < -0.39 is 0 Å². The fourth-order valence-corrected chi connectivity index (χ4v) is 0.816. The van der Waals surface area contributed by atoms with Crippen LogP contribution in [-0.2, 0) is 0 Å². The Kier molecular flexibility index (Phi) is 4.00. The van der Waals surface area contributed by atoms with Crippen LogP contribution in [0.5, 0.6) is 0 Å². The van der Waals surface area contributed by atoms with E-state index in [1.54, 1.807) is 0 Å². The Balaban J connectivity index is 3.38. The third-order valence-electron chi connectivity index (χ3n) is 1.60. The van der Waals surface area contributed by atoms with E-state index in [4.69, 9.17) is 7.85 Å². The van der Waals surface area contributed by atoms with Crippen molar-refractivity contribution in [1.82, 2.24) is 0 Å². The molecule has 1 unspecified atom stereocenters. The van der Waals surface area contributed by atoms with E-state index in [1.807, 2.05) is 0 Å². The Morgan fingerprint density at radius 2 is 1.56 bits per heavy atom. The zero-order chi connectivity index (χ0) is 7.44. The van der Waals surface area contributed by atoms with E-state index in [9.17, 15) is 0 Å². The summed E-state index contributed by atoms with van der Waals surface area (Å²) < 4.78 is 0. The van der Waals surface area contributed by atoms with E-state index in [1.165, 1.54) is 0 Å². The highest BCUT2D eigenvalue weighted by atomic mass is 14.1. The van der Waals surface area contributed by atoms with Gasteiger partial charge >= 0.3 is 0 Å². The van der Waals surface area contributed by atoms with Crippen molar-refractivity contribution in [2.45, 2.75) is 39.9 Å². The minimum absolute atomic E-state index is 0.394. The molecule has 0 N–H and O–H groups in total. The monoisotopic (exact) mass is 124 g/mol. The molecule has 1 heteroatoms. The van der Waals surface area contributed by atoms with Crippen LogP contribution in [0.2, 0.25) is 5.82 Å². The Bertz CT molecular complexity index is 67.0. The summed E-state index contributed by atoms with van der Waals surface area (Å²) in [4.78, 5) is 0. The maximum absolute atomic E-state index is 5.82. The molecule has 0 fully saturated rings. The van der Waals surface area contributed by atoms with Gasteiger partial charge in [-0.05, 0) is 5.92 Å². The Morgan fingerprint density at radius 3 is 1.67 bits per heavy atom. The topological polar surface area (TPSA) is 0 Å². The van der Waals surface area contributed by atoms with Crippen LogP contribution in [0.15, 0.2) is 0 Å². The number of hydrogen-bond donors (Lipinski definition) is 0. The molecule has 0 aliphatic carbocycles. The lowest BCUT2D eigenvalue weighted by molar-refractivity contribution is 0.476. The molecule has 0 amide bonds. The highest BCUT2D eigenvalue weighted by Crippen LogP contribution is 2.21. The first kappa shape index (κ1) is 9.06. The van der Waals surface area contributed by atoms with Crippen molar-refractivity contribution < 1.29 is 0 Å². The minimum Gasteiger partial charge on any atom is -0.0749 e. The molecule has 0 aliphatic rings. The van der Waals surface area contributed by atoms with Crippen LogP contribution in [0.1, 0.15) is 34.1 Å². The summed E-state index contributed by atoms with van der Waals surface area (Å²) in [5.74, 6) is 1.76. The largest absolute Gasteiger partial charge is 0.0749 e. The van der Waals surface area contributed by atoms with Crippen molar-refractivity contribution in [2.75, 3.05) is 0 Å². The molecule has 2 radical (unpaired) electrons. The molecule has 9 heavy (non-hydrogen) atoms. The van der Waals surface area contributed by atoms with Crippen molar-refractivity contribution in [3.63, 3.8) is 0 Å². The zero-order valence-corrected chi connectivity index (χ0v) is 7.02. The number of hydrogen-bond acceptors (Lipinski definition) is 0. The molecule has 52 valence electrons. The molecule has 0 spiro atoms. The van der Waals surface area contributed by atoms with Crippen LogP contribution in [0.4, 0.5) is 0 Å². The maximum Gasteiger partial charge on any atom is 0.0703 e. The quantitative estimate of drug-likeness (QED) is 0.507. The second kappa shape index (κ2) is 3.97. The molecule has 1 atom stereocenters. The van der Waals surface area contributed by atoms with Crippen molar-refractivity contribution in [3.05, 3.63) is 0 Å². The molecule has 0 rings (SSSR count). The van der Waals surface area contributed by atoms with Gasteiger partial charge in [-0.1, -0.05) is 45.9 Å². The summed E-state index contributed by atoms with van der Waals surface area (Å²) in [6.07, 6.45) is 1.15. The SMILES string of the molecule is [B]C(CC(C)C)C(C)C. The molecule has 0 aromatic carbocycles. The summed E-state index contributed by atoms with van der Waals surface area (Å²) in [5.41, 5.74) is 0. The predicted octanol–water partition coefficient (Wildman–Crippen LogP) is 2.65. The number of rotatable bonds is 3. The van der Waals surface area contributed by atoms with Crippen LogP contribution < -0.4 is 0 Å². The van der Waals surface area contributed by atoms with Crippen LogP contribution in [-0.4, -0.2) is 7.85 Å². The summed E-state index contributed by atoms with van der Waals surface area (Å²) >= 11 is 0. The molecule has 0 heterocycles. The van der Waals surface area contributed by atoms with Gasteiger partial charge in [0.15, 0.2) is 0 Å². The first-order valence-electron chi connectivity index (χ1n) is 3.79. The van der Waals surface area contributed by atoms with E-state index in [0.29, 0.717) is 11.7 Å².